The second-order valence-electron chi connectivity index (χ2n) is 3.25. The SMILES string of the molecule is O=C(CCc1cccnc1)c1ccn[nH]1. The molecule has 0 atom stereocenters. The van der Waals surface area contributed by atoms with Crippen molar-refractivity contribution in [3.8, 4) is 0 Å². The number of aromatic amines is 1. The number of aryl methyl sites for hydroxylation is 1. The number of rotatable bonds is 4. The molecule has 0 amide bonds. The normalized spacial score (nSPS) is 10.1. The van der Waals surface area contributed by atoms with E-state index in [9.17, 15) is 4.79 Å². The van der Waals surface area contributed by atoms with Gasteiger partial charge in [-0.05, 0) is 24.1 Å². The number of nitrogens with one attached hydrogen (secondary N) is 1. The molecule has 0 bridgehead atoms. The molecule has 2 rings (SSSR count). The molecule has 15 heavy (non-hydrogen) atoms. The summed E-state index contributed by atoms with van der Waals surface area (Å²) in [6.45, 7) is 0. The Morgan fingerprint density at radius 3 is 2.93 bits per heavy atom. The van der Waals surface area contributed by atoms with Gasteiger partial charge < -0.3 is 0 Å². The zero-order valence-corrected chi connectivity index (χ0v) is 8.18. The molecule has 76 valence electrons. The Hall–Kier alpha value is -1.97. The number of Topliss-reactive ketones (excluding diaryl/α,β-unsaturated/α-hetero) is 1. The molecular formula is C11H11N3O. The molecule has 2 heterocycles. The zero-order valence-electron chi connectivity index (χ0n) is 8.18. The van der Waals surface area contributed by atoms with Crippen LogP contribution in [0.15, 0.2) is 36.8 Å². The van der Waals surface area contributed by atoms with Crippen LogP contribution in [0.25, 0.3) is 0 Å². The van der Waals surface area contributed by atoms with E-state index in [4.69, 9.17) is 0 Å². The van der Waals surface area contributed by atoms with Gasteiger partial charge in [-0.3, -0.25) is 14.9 Å². The lowest BCUT2D eigenvalue weighted by Gasteiger charge is -1.98. The molecule has 0 aliphatic rings. The van der Waals surface area contributed by atoms with Crippen LogP contribution in [0.2, 0.25) is 0 Å². The molecule has 0 aliphatic heterocycles. The third kappa shape index (κ3) is 2.49. The first kappa shape index (κ1) is 9.58. The van der Waals surface area contributed by atoms with Gasteiger partial charge in [0.05, 0.1) is 0 Å². The van der Waals surface area contributed by atoms with Crippen LogP contribution < -0.4 is 0 Å². The maximum atomic E-state index is 11.6. The topological polar surface area (TPSA) is 58.6 Å². The molecule has 1 N–H and O–H groups in total. The van der Waals surface area contributed by atoms with Gasteiger partial charge in [0, 0.05) is 25.0 Å². The number of H-pyrrole nitrogens is 1. The predicted molar refractivity (Wildman–Crippen MR) is 55.5 cm³/mol. The lowest BCUT2D eigenvalue weighted by atomic mass is 10.1. The van der Waals surface area contributed by atoms with Crippen LogP contribution in [-0.4, -0.2) is 21.0 Å². The fraction of sp³-hybridized carbons (Fsp3) is 0.182. The minimum absolute atomic E-state index is 0.0800. The maximum absolute atomic E-state index is 11.6. The molecular weight excluding hydrogens is 190 g/mol. The predicted octanol–water partition coefficient (Wildman–Crippen LogP) is 1.62. The van der Waals surface area contributed by atoms with Gasteiger partial charge in [-0.1, -0.05) is 6.07 Å². The maximum Gasteiger partial charge on any atom is 0.180 e. The number of hydrogen-bond donors (Lipinski definition) is 1. The summed E-state index contributed by atoms with van der Waals surface area (Å²) in [6.07, 6.45) is 6.28. The van der Waals surface area contributed by atoms with Crippen molar-refractivity contribution in [2.45, 2.75) is 12.8 Å². The van der Waals surface area contributed by atoms with Crippen molar-refractivity contribution in [2.24, 2.45) is 0 Å². The smallest absolute Gasteiger partial charge is 0.180 e. The summed E-state index contributed by atoms with van der Waals surface area (Å²) in [5, 5.41) is 6.40. The van der Waals surface area contributed by atoms with Crippen LogP contribution in [0.1, 0.15) is 22.5 Å². The Bertz CT molecular complexity index is 422. The van der Waals surface area contributed by atoms with E-state index in [2.05, 4.69) is 15.2 Å². The van der Waals surface area contributed by atoms with E-state index < -0.39 is 0 Å². The first-order chi connectivity index (χ1) is 7.36. The summed E-state index contributed by atoms with van der Waals surface area (Å²) >= 11 is 0. The van der Waals surface area contributed by atoms with Crippen molar-refractivity contribution in [1.82, 2.24) is 15.2 Å². The van der Waals surface area contributed by atoms with Crippen molar-refractivity contribution < 1.29 is 4.79 Å². The van der Waals surface area contributed by atoms with Crippen LogP contribution >= 0.6 is 0 Å². The van der Waals surface area contributed by atoms with Gasteiger partial charge in [-0.15, -0.1) is 0 Å². The van der Waals surface area contributed by atoms with Gasteiger partial charge >= 0.3 is 0 Å². The fourth-order valence-electron chi connectivity index (χ4n) is 1.35. The molecule has 0 saturated carbocycles. The highest BCUT2D eigenvalue weighted by molar-refractivity contribution is 5.94. The Morgan fingerprint density at radius 2 is 2.27 bits per heavy atom. The van der Waals surface area contributed by atoms with Crippen LogP contribution in [0.4, 0.5) is 0 Å². The molecule has 4 nitrogen and oxygen atoms in total. The molecule has 0 fully saturated rings. The van der Waals surface area contributed by atoms with Crippen LogP contribution in [0.3, 0.4) is 0 Å². The lowest BCUT2D eigenvalue weighted by molar-refractivity contribution is 0.0978. The van der Waals surface area contributed by atoms with Gasteiger partial charge in [0.25, 0.3) is 0 Å². The third-order valence-corrected chi connectivity index (χ3v) is 2.16. The molecule has 0 unspecified atom stereocenters. The van der Waals surface area contributed by atoms with Crippen molar-refractivity contribution in [3.05, 3.63) is 48.0 Å². The number of carbonyl (C=O) groups excluding carboxylic acids is 1. The molecule has 0 aliphatic carbocycles. The number of nitrogens with zero attached hydrogens (tertiary/aromatic N) is 2. The van der Waals surface area contributed by atoms with E-state index in [1.807, 2.05) is 12.1 Å². The highest BCUT2D eigenvalue weighted by Gasteiger charge is 2.06. The number of ketones is 1. The summed E-state index contributed by atoms with van der Waals surface area (Å²) in [5.74, 6) is 0.0800. The van der Waals surface area contributed by atoms with Crippen LogP contribution in [0, 0.1) is 0 Å². The van der Waals surface area contributed by atoms with E-state index >= 15 is 0 Å². The van der Waals surface area contributed by atoms with Gasteiger partial charge in [0.15, 0.2) is 5.78 Å². The highest BCUT2D eigenvalue weighted by atomic mass is 16.1. The Kier molecular flexibility index (Phi) is 2.88. The summed E-state index contributed by atoms with van der Waals surface area (Å²) < 4.78 is 0. The van der Waals surface area contributed by atoms with E-state index in [0.29, 0.717) is 18.5 Å². The molecule has 2 aromatic heterocycles. The molecule has 0 spiro atoms. The van der Waals surface area contributed by atoms with Crippen molar-refractivity contribution in [2.75, 3.05) is 0 Å². The molecule has 4 heteroatoms. The van der Waals surface area contributed by atoms with Crippen molar-refractivity contribution >= 4 is 5.78 Å². The van der Waals surface area contributed by atoms with Gasteiger partial charge in [-0.25, -0.2) is 0 Å². The molecule has 0 aromatic carbocycles. The van der Waals surface area contributed by atoms with Crippen molar-refractivity contribution in [3.63, 3.8) is 0 Å². The van der Waals surface area contributed by atoms with Crippen LogP contribution in [0.5, 0.6) is 0 Å². The average molecular weight is 201 g/mol. The fourth-order valence-corrected chi connectivity index (χ4v) is 1.35. The third-order valence-electron chi connectivity index (χ3n) is 2.16. The van der Waals surface area contributed by atoms with E-state index in [1.165, 1.54) is 0 Å². The second kappa shape index (κ2) is 4.50. The number of pyridine rings is 1. The quantitative estimate of drug-likeness (QED) is 0.764. The minimum atomic E-state index is 0.0800. The highest BCUT2D eigenvalue weighted by Crippen LogP contribution is 2.04. The summed E-state index contributed by atoms with van der Waals surface area (Å²) in [5.41, 5.74) is 1.64. The van der Waals surface area contributed by atoms with Gasteiger partial charge in [0.1, 0.15) is 5.69 Å². The largest absolute Gasteiger partial charge is 0.292 e. The first-order valence-corrected chi connectivity index (χ1v) is 4.78. The van der Waals surface area contributed by atoms with Crippen LogP contribution in [-0.2, 0) is 6.42 Å². The summed E-state index contributed by atoms with van der Waals surface area (Å²) in [7, 11) is 0. The average Bonchev–Trinajstić information content (AvgIpc) is 2.81. The Morgan fingerprint density at radius 1 is 1.33 bits per heavy atom. The lowest BCUT2D eigenvalue weighted by Crippen LogP contribution is -2.01. The first-order valence-electron chi connectivity index (χ1n) is 4.78. The molecule has 0 saturated heterocycles. The molecule has 2 aromatic rings. The minimum Gasteiger partial charge on any atom is -0.292 e. The van der Waals surface area contributed by atoms with Crippen molar-refractivity contribution in [1.29, 1.82) is 0 Å². The van der Waals surface area contributed by atoms with E-state index in [-0.39, 0.29) is 5.78 Å². The standard InChI is InChI=1S/C11H11N3O/c15-11(10-5-7-13-14-10)4-3-9-2-1-6-12-8-9/h1-2,5-8H,3-4H2,(H,13,14). The number of aromatic nitrogens is 3. The van der Waals surface area contributed by atoms with Gasteiger partial charge in [0.2, 0.25) is 0 Å². The Balaban J connectivity index is 1.92. The number of carbonyl (C=O) groups is 1. The monoisotopic (exact) mass is 201 g/mol. The number of hydrogen-bond acceptors (Lipinski definition) is 3. The van der Waals surface area contributed by atoms with E-state index in [1.54, 1.807) is 24.7 Å². The molecule has 0 radical (unpaired) electrons. The summed E-state index contributed by atoms with van der Waals surface area (Å²) in [4.78, 5) is 15.6. The second-order valence-corrected chi connectivity index (χ2v) is 3.25. The van der Waals surface area contributed by atoms with E-state index in [0.717, 1.165) is 5.56 Å². The Labute approximate surface area is 87.4 Å². The zero-order chi connectivity index (χ0) is 10.5. The van der Waals surface area contributed by atoms with Gasteiger partial charge in [-0.2, -0.15) is 5.10 Å². The summed E-state index contributed by atoms with van der Waals surface area (Å²) in [6, 6.07) is 5.52.